The summed E-state index contributed by atoms with van der Waals surface area (Å²) in [4.78, 5) is 0. The molecule has 0 aromatic rings. The van der Waals surface area contributed by atoms with E-state index in [-0.39, 0.29) is 12.2 Å². The normalized spacial score (nSPS) is 42.9. The molecule has 8 fully saturated rings. The molecule has 0 amide bonds. The summed E-state index contributed by atoms with van der Waals surface area (Å²) >= 11 is 0. The van der Waals surface area contributed by atoms with Crippen molar-refractivity contribution >= 4 is 0 Å². The number of aliphatic hydroxyl groups is 4. The standard InChI is InChI=1S/C54H78O5/c1-33(45-21-23-47-37(9-7-27-53(45,47)5)13-19-41-29-43(55)31-49(57)35(41)3)11-25-51(39-15-16-39)59-52(40-17-18-40)26-12-34(2)46-22-24-48-38(10-8-28-54(46,48)6)14-20-42-30-44(56)32-50(58)36(42)4/h11-14,19-20,25-26,33-34,39-40,43-52,55-58H,3-4,7-10,15-18,21-24,27-32H2,1-2,5-6H3/b25-11+,26-12+,37-13+,38-14?,41-19-,42-20-/t33-,34-,43-,44-,45-,46-,47+,48+,49+,50+,51+,52-,53-,54-/m1/s1. The van der Waals surface area contributed by atoms with Gasteiger partial charge >= 0.3 is 0 Å². The molecule has 0 aromatic heterocycles. The molecule has 0 saturated heterocycles. The molecule has 8 aliphatic rings. The number of allylic oxidation sites excluding steroid dienone is 8. The predicted molar refractivity (Wildman–Crippen MR) is 240 cm³/mol. The van der Waals surface area contributed by atoms with E-state index in [0.29, 0.717) is 83.9 Å². The average Bonchev–Trinajstić information content (AvgIpc) is 4.14. The first-order valence-electron chi connectivity index (χ1n) is 24.2. The van der Waals surface area contributed by atoms with Crippen LogP contribution in [0.5, 0.6) is 0 Å². The van der Waals surface area contributed by atoms with Crippen LogP contribution in [0.1, 0.15) is 143 Å². The van der Waals surface area contributed by atoms with Crippen LogP contribution in [0.2, 0.25) is 0 Å². The van der Waals surface area contributed by atoms with Gasteiger partial charge in [-0.15, -0.1) is 0 Å². The lowest BCUT2D eigenvalue weighted by Crippen LogP contribution is -2.35. The molecule has 59 heavy (non-hydrogen) atoms. The minimum Gasteiger partial charge on any atom is -0.393 e. The van der Waals surface area contributed by atoms with Crippen LogP contribution in [-0.4, -0.2) is 57.0 Å². The first kappa shape index (κ1) is 43.4. The number of ether oxygens (including phenoxy) is 1. The highest BCUT2D eigenvalue weighted by Gasteiger charge is 2.52. The van der Waals surface area contributed by atoms with Crippen molar-refractivity contribution in [2.45, 2.75) is 180 Å². The van der Waals surface area contributed by atoms with Crippen LogP contribution in [0.15, 0.2) is 95.2 Å². The lowest BCUT2D eigenvalue weighted by atomic mass is 9.61. The van der Waals surface area contributed by atoms with Crippen molar-refractivity contribution in [1.82, 2.24) is 0 Å². The van der Waals surface area contributed by atoms with Crippen LogP contribution in [0.3, 0.4) is 0 Å². The topological polar surface area (TPSA) is 90.2 Å². The van der Waals surface area contributed by atoms with Crippen LogP contribution < -0.4 is 0 Å². The van der Waals surface area contributed by atoms with Gasteiger partial charge in [0.25, 0.3) is 0 Å². The molecule has 0 aliphatic heterocycles. The van der Waals surface area contributed by atoms with Crippen molar-refractivity contribution in [3.8, 4) is 0 Å². The molecule has 0 aromatic carbocycles. The number of aliphatic hydroxyl groups excluding tert-OH is 4. The second-order valence-corrected chi connectivity index (χ2v) is 21.6. The third-order valence-electron chi connectivity index (χ3n) is 17.6. The van der Waals surface area contributed by atoms with Crippen LogP contribution >= 0.6 is 0 Å². The molecule has 14 atom stereocenters. The lowest BCUT2D eigenvalue weighted by Gasteiger charge is -2.44. The molecule has 8 aliphatic carbocycles. The number of fused-ring (bicyclic) bond motifs is 2. The summed E-state index contributed by atoms with van der Waals surface area (Å²) in [5, 5.41) is 41.4. The van der Waals surface area contributed by atoms with E-state index < -0.39 is 24.4 Å². The maximum atomic E-state index is 10.4. The van der Waals surface area contributed by atoms with Gasteiger partial charge in [0.05, 0.1) is 36.6 Å². The molecule has 5 nitrogen and oxygen atoms in total. The Kier molecular flexibility index (Phi) is 13.1. The van der Waals surface area contributed by atoms with Crippen molar-refractivity contribution in [3.63, 3.8) is 0 Å². The number of hydrogen-bond acceptors (Lipinski definition) is 5. The van der Waals surface area contributed by atoms with Gasteiger partial charge in [-0.1, -0.05) is 101 Å². The fraction of sp³-hybridized carbons (Fsp3) is 0.704. The van der Waals surface area contributed by atoms with E-state index in [1.165, 1.54) is 77.0 Å². The van der Waals surface area contributed by atoms with Crippen molar-refractivity contribution < 1.29 is 25.2 Å². The minimum absolute atomic E-state index is 0.201. The van der Waals surface area contributed by atoms with E-state index in [2.05, 4.69) is 89.5 Å². The first-order valence-corrected chi connectivity index (χ1v) is 24.2. The minimum atomic E-state index is -0.638. The molecule has 0 spiro atoms. The van der Waals surface area contributed by atoms with Gasteiger partial charge in [0.1, 0.15) is 0 Å². The molecule has 4 N–H and O–H groups in total. The molecule has 324 valence electrons. The van der Waals surface area contributed by atoms with Gasteiger partial charge in [0, 0.05) is 12.8 Å². The highest BCUT2D eigenvalue weighted by molar-refractivity contribution is 5.40. The Morgan fingerprint density at radius 3 is 1.37 bits per heavy atom. The van der Waals surface area contributed by atoms with Crippen LogP contribution in [0, 0.1) is 58.2 Å². The number of hydrogen-bond donors (Lipinski definition) is 4. The molecule has 8 saturated carbocycles. The Morgan fingerprint density at radius 2 is 0.983 bits per heavy atom. The predicted octanol–water partition coefficient (Wildman–Crippen LogP) is 11.2. The Morgan fingerprint density at radius 1 is 0.576 bits per heavy atom. The molecule has 0 radical (unpaired) electrons. The highest BCUT2D eigenvalue weighted by atomic mass is 16.5. The fourth-order valence-electron chi connectivity index (χ4n) is 13.7. The quantitative estimate of drug-likeness (QED) is 0.148. The summed E-state index contributed by atoms with van der Waals surface area (Å²) < 4.78 is 7.16. The van der Waals surface area contributed by atoms with Gasteiger partial charge in [0.15, 0.2) is 0 Å². The monoisotopic (exact) mass is 807 g/mol. The second-order valence-electron chi connectivity index (χ2n) is 21.6. The molecule has 0 bridgehead atoms. The van der Waals surface area contributed by atoms with E-state index >= 15 is 0 Å². The smallest absolute Gasteiger partial charge is 0.0811 e. The van der Waals surface area contributed by atoms with Crippen molar-refractivity contribution in [3.05, 3.63) is 95.2 Å². The van der Waals surface area contributed by atoms with Gasteiger partial charge < -0.3 is 25.2 Å². The van der Waals surface area contributed by atoms with E-state index in [1.54, 1.807) is 11.1 Å². The summed E-state index contributed by atoms with van der Waals surface area (Å²) in [7, 11) is 0. The Hall–Kier alpha value is -2.28. The second kappa shape index (κ2) is 17.8. The summed E-state index contributed by atoms with van der Waals surface area (Å²) in [5.41, 5.74) is 7.28. The average molecular weight is 807 g/mol. The van der Waals surface area contributed by atoms with Gasteiger partial charge in [-0.05, 0) is 183 Å². The molecular weight excluding hydrogens is 729 g/mol. The zero-order valence-corrected chi connectivity index (χ0v) is 37.0. The summed E-state index contributed by atoms with van der Waals surface area (Å²) in [6, 6.07) is 0. The molecule has 5 heteroatoms. The maximum absolute atomic E-state index is 10.4. The molecular formula is C54H78O5. The zero-order valence-electron chi connectivity index (χ0n) is 37.0. The Balaban J connectivity index is 0.904. The van der Waals surface area contributed by atoms with Gasteiger partial charge in [-0.25, -0.2) is 0 Å². The Labute approximate surface area is 357 Å². The van der Waals surface area contributed by atoms with Gasteiger partial charge in [-0.3, -0.25) is 0 Å². The SMILES string of the molecule is C=C1/C(=C\C=C2CCC[C@]3(C)[C@@H]([C@H](C)/C=C/[C@@H](O[C@@H](/C=C/[C@@H](C)[C@H]4CC[C@H]5/C(=C/C=C6/C[C@@H](O)C[C@H](O)C6=C)CCC[C@]45C)C4CC4)C4CC4)CC[C@@H]23)C[C@@H](O)C[C@@H]1O. The van der Waals surface area contributed by atoms with E-state index in [1.807, 2.05) is 0 Å². The third-order valence-corrected chi connectivity index (χ3v) is 17.6. The lowest BCUT2D eigenvalue weighted by molar-refractivity contribution is 0.0164. The maximum Gasteiger partial charge on any atom is 0.0811 e. The molecule has 8 rings (SSSR count). The van der Waals surface area contributed by atoms with E-state index in [9.17, 15) is 20.4 Å². The summed E-state index contributed by atoms with van der Waals surface area (Å²) in [5.74, 6) is 4.82. The fourth-order valence-corrected chi connectivity index (χ4v) is 13.7. The largest absolute Gasteiger partial charge is 0.393 e. The third kappa shape index (κ3) is 9.27. The summed E-state index contributed by atoms with van der Waals surface area (Å²) in [6.07, 6.45) is 36.7. The first-order chi connectivity index (χ1) is 28.2. The van der Waals surface area contributed by atoms with E-state index in [4.69, 9.17) is 4.74 Å². The molecule has 0 unspecified atom stereocenters. The highest BCUT2D eigenvalue weighted by Crippen LogP contribution is 2.61. The zero-order chi connectivity index (χ0) is 41.6. The van der Waals surface area contributed by atoms with Crippen LogP contribution in [0.4, 0.5) is 0 Å². The van der Waals surface area contributed by atoms with Crippen LogP contribution in [-0.2, 0) is 4.74 Å². The van der Waals surface area contributed by atoms with Crippen molar-refractivity contribution in [2.24, 2.45) is 58.2 Å². The van der Waals surface area contributed by atoms with Crippen molar-refractivity contribution in [2.75, 3.05) is 0 Å². The van der Waals surface area contributed by atoms with Gasteiger partial charge in [0.2, 0.25) is 0 Å². The van der Waals surface area contributed by atoms with Crippen molar-refractivity contribution in [1.29, 1.82) is 0 Å². The number of rotatable bonds is 12. The summed E-state index contributed by atoms with van der Waals surface area (Å²) in [6.45, 7) is 18.4. The van der Waals surface area contributed by atoms with Gasteiger partial charge in [-0.2, -0.15) is 0 Å². The molecule has 0 heterocycles. The van der Waals surface area contributed by atoms with E-state index in [0.717, 1.165) is 35.1 Å². The Bertz CT molecular complexity index is 1630. The van der Waals surface area contributed by atoms with Crippen LogP contribution in [0.25, 0.3) is 0 Å².